The lowest BCUT2D eigenvalue weighted by Crippen LogP contribution is -2.14. The van der Waals surface area contributed by atoms with Crippen molar-refractivity contribution < 1.29 is 12.8 Å². The molecule has 0 atom stereocenters. The van der Waals surface area contributed by atoms with E-state index in [4.69, 9.17) is 5.14 Å². The van der Waals surface area contributed by atoms with Crippen molar-refractivity contribution in [2.24, 2.45) is 5.14 Å². The summed E-state index contributed by atoms with van der Waals surface area (Å²) >= 11 is 0. The SMILES string of the molecule is Cc1c(F)cccc1S(N)(=O)=O. The largest absolute Gasteiger partial charge is 0.238 e. The van der Waals surface area contributed by atoms with E-state index < -0.39 is 15.8 Å². The summed E-state index contributed by atoms with van der Waals surface area (Å²) in [5.41, 5.74) is 0.0556. The Bertz CT molecular complexity index is 400. The first-order valence-corrected chi connectivity index (χ1v) is 4.75. The first-order valence-electron chi connectivity index (χ1n) is 3.21. The van der Waals surface area contributed by atoms with Crippen molar-refractivity contribution in [2.75, 3.05) is 0 Å². The van der Waals surface area contributed by atoms with Crippen molar-refractivity contribution in [2.45, 2.75) is 11.8 Å². The summed E-state index contributed by atoms with van der Waals surface area (Å²) in [5, 5.41) is 4.83. The Balaban J connectivity index is 3.47. The quantitative estimate of drug-likeness (QED) is 0.709. The second kappa shape index (κ2) is 2.84. The first kappa shape index (κ1) is 9.15. The van der Waals surface area contributed by atoms with Gasteiger partial charge in [-0.3, -0.25) is 0 Å². The van der Waals surface area contributed by atoms with Gasteiger partial charge in [-0.25, -0.2) is 17.9 Å². The maximum atomic E-state index is 12.8. The predicted octanol–water partition coefficient (Wildman–Crippen LogP) is 0.782. The number of primary sulfonamides is 1. The summed E-state index contributed by atoms with van der Waals surface area (Å²) < 4.78 is 34.4. The molecule has 3 nitrogen and oxygen atoms in total. The highest BCUT2D eigenvalue weighted by atomic mass is 32.2. The summed E-state index contributed by atoms with van der Waals surface area (Å²) in [6, 6.07) is 3.76. The molecule has 12 heavy (non-hydrogen) atoms. The van der Waals surface area contributed by atoms with Gasteiger partial charge in [0.2, 0.25) is 10.0 Å². The third-order valence-corrected chi connectivity index (χ3v) is 2.58. The molecule has 0 heterocycles. The van der Waals surface area contributed by atoms with E-state index in [0.29, 0.717) is 0 Å². The molecule has 0 aliphatic heterocycles. The van der Waals surface area contributed by atoms with E-state index in [0.717, 1.165) is 0 Å². The van der Waals surface area contributed by atoms with Crippen LogP contribution in [0.15, 0.2) is 23.1 Å². The van der Waals surface area contributed by atoms with Crippen LogP contribution in [-0.4, -0.2) is 8.42 Å². The molecule has 5 heteroatoms. The maximum absolute atomic E-state index is 12.8. The average molecular weight is 189 g/mol. The first-order chi connectivity index (χ1) is 5.43. The Morgan fingerprint density at radius 2 is 2.00 bits per heavy atom. The van der Waals surface area contributed by atoms with Gasteiger partial charge in [-0.15, -0.1) is 0 Å². The van der Waals surface area contributed by atoms with E-state index in [2.05, 4.69) is 0 Å². The topological polar surface area (TPSA) is 60.2 Å². The highest BCUT2D eigenvalue weighted by molar-refractivity contribution is 7.89. The van der Waals surface area contributed by atoms with Crippen LogP contribution in [0.4, 0.5) is 4.39 Å². The third kappa shape index (κ3) is 1.62. The molecule has 2 N–H and O–H groups in total. The fourth-order valence-electron chi connectivity index (χ4n) is 0.896. The fraction of sp³-hybridized carbons (Fsp3) is 0.143. The van der Waals surface area contributed by atoms with Crippen molar-refractivity contribution in [1.29, 1.82) is 0 Å². The molecule has 0 aliphatic carbocycles. The van der Waals surface area contributed by atoms with Gasteiger partial charge in [-0.2, -0.15) is 0 Å². The second-order valence-electron chi connectivity index (χ2n) is 2.41. The van der Waals surface area contributed by atoms with Gasteiger partial charge in [0.1, 0.15) is 5.82 Å². The van der Waals surface area contributed by atoms with Gasteiger partial charge in [0.15, 0.2) is 0 Å². The van der Waals surface area contributed by atoms with Gasteiger partial charge < -0.3 is 0 Å². The fourth-order valence-corrected chi connectivity index (χ4v) is 1.69. The molecule has 0 aromatic heterocycles. The van der Waals surface area contributed by atoms with Gasteiger partial charge in [-0.1, -0.05) is 6.07 Å². The molecule has 0 radical (unpaired) electrons. The summed E-state index contributed by atoms with van der Waals surface area (Å²) in [7, 11) is -3.80. The van der Waals surface area contributed by atoms with Crippen molar-refractivity contribution in [3.63, 3.8) is 0 Å². The molecule has 0 fully saturated rings. The summed E-state index contributed by atoms with van der Waals surface area (Å²) in [6.07, 6.45) is 0. The van der Waals surface area contributed by atoms with Crippen LogP contribution >= 0.6 is 0 Å². The minimum atomic E-state index is -3.80. The van der Waals surface area contributed by atoms with E-state index in [1.54, 1.807) is 0 Å². The molecule has 0 saturated heterocycles. The molecular weight excluding hydrogens is 181 g/mol. The molecule has 0 bridgehead atoms. The van der Waals surface area contributed by atoms with Gasteiger partial charge >= 0.3 is 0 Å². The number of hydrogen-bond donors (Lipinski definition) is 1. The highest BCUT2D eigenvalue weighted by Gasteiger charge is 2.12. The normalized spacial score (nSPS) is 11.6. The lowest BCUT2D eigenvalue weighted by Gasteiger charge is -2.02. The van der Waals surface area contributed by atoms with Crippen LogP contribution in [-0.2, 0) is 10.0 Å². The van der Waals surface area contributed by atoms with Crippen LogP contribution in [0, 0.1) is 12.7 Å². The molecule has 0 saturated carbocycles. The number of halogens is 1. The minimum Gasteiger partial charge on any atom is -0.225 e. The van der Waals surface area contributed by atoms with E-state index in [1.165, 1.54) is 25.1 Å². The van der Waals surface area contributed by atoms with E-state index in [-0.39, 0.29) is 10.5 Å². The Morgan fingerprint density at radius 1 is 1.42 bits per heavy atom. The maximum Gasteiger partial charge on any atom is 0.238 e. The van der Waals surface area contributed by atoms with Crippen LogP contribution in [0.1, 0.15) is 5.56 Å². The zero-order valence-electron chi connectivity index (χ0n) is 6.41. The van der Waals surface area contributed by atoms with Crippen molar-refractivity contribution in [1.82, 2.24) is 0 Å². The Morgan fingerprint density at radius 3 is 2.42 bits per heavy atom. The van der Waals surface area contributed by atoms with Gasteiger partial charge in [0.05, 0.1) is 4.90 Å². The molecule has 1 aromatic carbocycles. The smallest absolute Gasteiger partial charge is 0.225 e. The zero-order chi connectivity index (χ0) is 9.35. The third-order valence-electron chi connectivity index (χ3n) is 1.52. The highest BCUT2D eigenvalue weighted by Crippen LogP contribution is 2.15. The molecule has 0 amide bonds. The average Bonchev–Trinajstić information content (AvgIpc) is 1.92. The van der Waals surface area contributed by atoms with Crippen molar-refractivity contribution >= 4 is 10.0 Å². The van der Waals surface area contributed by atoms with E-state index in [9.17, 15) is 12.8 Å². The summed E-state index contributed by atoms with van der Waals surface area (Å²) in [5.74, 6) is -0.568. The molecule has 1 aromatic rings. The number of rotatable bonds is 1. The predicted molar refractivity (Wildman–Crippen MR) is 42.5 cm³/mol. The van der Waals surface area contributed by atoms with Crippen molar-refractivity contribution in [3.8, 4) is 0 Å². The van der Waals surface area contributed by atoms with Crippen LogP contribution in [0.5, 0.6) is 0 Å². The molecule has 0 unspecified atom stereocenters. The Kier molecular flexibility index (Phi) is 2.16. The number of nitrogens with two attached hydrogens (primary N) is 1. The van der Waals surface area contributed by atoms with Crippen LogP contribution in [0.3, 0.4) is 0 Å². The van der Waals surface area contributed by atoms with Crippen molar-refractivity contribution in [3.05, 3.63) is 29.6 Å². The van der Waals surface area contributed by atoms with Crippen LogP contribution in [0.25, 0.3) is 0 Å². The Labute approximate surface area is 70.1 Å². The van der Waals surface area contributed by atoms with Gasteiger partial charge in [0.25, 0.3) is 0 Å². The van der Waals surface area contributed by atoms with Crippen LogP contribution in [0.2, 0.25) is 0 Å². The molecule has 66 valence electrons. The van der Waals surface area contributed by atoms with E-state index in [1.807, 2.05) is 0 Å². The number of hydrogen-bond acceptors (Lipinski definition) is 2. The number of benzene rings is 1. The zero-order valence-corrected chi connectivity index (χ0v) is 7.23. The monoisotopic (exact) mass is 189 g/mol. The molecule has 1 rings (SSSR count). The standard InChI is InChI=1S/C7H8FNO2S/c1-5-6(8)3-2-4-7(5)12(9,10)11/h2-4H,1H3,(H2,9,10,11). The van der Waals surface area contributed by atoms with Gasteiger partial charge in [0, 0.05) is 5.56 Å². The van der Waals surface area contributed by atoms with E-state index >= 15 is 0 Å². The second-order valence-corrected chi connectivity index (χ2v) is 3.94. The molecular formula is C7H8FNO2S. The molecule has 0 spiro atoms. The lowest BCUT2D eigenvalue weighted by molar-refractivity contribution is 0.588. The minimum absolute atomic E-state index is 0.0556. The number of sulfonamides is 1. The van der Waals surface area contributed by atoms with Gasteiger partial charge in [-0.05, 0) is 19.1 Å². The summed E-state index contributed by atoms with van der Waals surface area (Å²) in [6.45, 7) is 1.37. The lowest BCUT2D eigenvalue weighted by atomic mass is 10.2. The summed E-state index contributed by atoms with van der Waals surface area (Å²) in [4.78, 5) is -0.164. The van der Waals surface area contributed by atoms with Crippen LogP contribution < -0.4 is 5.14 Å². The molecule has 0 aliphatic rings. The Hall–Kier alpha value is -0.940.